The van der Waals surface area contributed by atoms with Crippen LogP contribution >= 0.6 is 11.3 Å². The summed E-state index contributed by atoms with van der Waals surface area (Å²) in [5, 5.41) is 5.17. The van der Waals surface area contributed by atoms with Crippen molar-refractivity contribution >= 4 is 39.5 Å². The number of carbonyl (C=O) groups excluding carboxylic acids is 3. The SMILES string of the molecule is CCNC(=O)NC(=O)C(OC(=O)CCn1cnc2sc(C)c(C)c2c1=O)c1ccccc1. The van der Waals surface area contributed by atoms with Crippen molar-refractivity contribution < 1.29 is 19.1 Å². The van der Waals surface area contributed by atoms with Crippen LogP contribution < -0.4 is 16.2 Å². The Morgan fingerprint density at radius 1 is 1.19 bits per heavy atom. The molecule has 0 aliphatic rings. The molecule has 1 atom stereocenters. The third-order valence-electron chi connectivity index (χ3n) is 4.88. The first-order valence-corrected chi connectivity index (χ1v) is 10.9. The molecule has 0 aliphatic carbocycles. The number of imide groups is 1. The van der Waals surface area contributed by atoms with Crippen molar-refractivity contribution in [2.45, 2.75) is 39.8 Å². The summed E-state index contributed by atoms with van der Waals surface area (Å²) in [5.74, 6) is -1.45. The summed E-state index contributed by atoms with van der Waals surface area (Å²) in [6.07, 6.45) is -0.0398. The molecule has 0 fully saturated rings. The molecule has 2 aromatic heterocycles. The lowest BCUT2D eigenvalue weighted by Crippen LogP contribution is -2.42. The molecule has 3 aromatic rings. The normalized spacial score (nSPS) is 11.7. The fraction of sp³-hybridized carbons (Fsp3) is 0.318. The van der Waals surface area contributed by atoms with Gasteiger partial charge in [-0.25, -0.2) is 9.78 Å². The van der Waals surface area contributed by atoms with Crippen LogP contribution in [0.2, 0.25) is 0 Å². The van der Waals surface area contributed by atoms with E-state index in [-0.39, 0.29) is 18.5 Å². The van der Waals surface area contributed by atoms with Gasteiger partial charge >= 0.3 is 12.0 Å². The summed E-state index contributed by atoms with van der Waals surface area (Å²) in [6, 6.07) is 7.72. The Bertz CT molecular complexity index is 1200. The van der Waals surface area contributed by atoms with Crippen LogP contribution in [-0.4, -0.2) is 34.0 Å². The van der Waals surface area contributed by atoms with E-state index in [0.717, 1.165) is 10.4 Å². The highest BCUT2D eigenvalue weighted by molar-refractivity contribution is 7.18. The van der Waals surface area contributed by atoms with Gasteiger partial charge < -0.3 is 10.1 Å². The largest absolute Gasteiger partial charge is 0.447 e. The van der Waals surface area contributed by atoms with E-state index >= 15 is 0 Å². The number of rotatable bonds is 7. The fourth-order valence-electron chi connectivity index (χ4n) is 3.11. The Morgan fingerprint density at radius 3 is 2.59 bits per heavy atom. The average Bonchev–Trinajstić information content (AvgIpc) is 3.06. The van der Waals surface area contributed by atoms with Crippen molar-refractivity contribution in [3.05, 3.63) is 63.0 Å². The molecule has 10 heteroatoms. The van der Waals surface area contributed by atoms with E-state index in [9.17, 15) is 19.2 Å². The van der Waals surface area contributed by atoms with Crippen molar-refractivity contribution in [1.82, 2.24) is 20.2 Å². The van der Waals surface area contributed by atoms with Gasteiger partial charge in [0.15, 0.2) is 0 Å². The molecule has 3 amide bonds. The second-order valence-corrected chi connectivity index (χ2v) is 8.29. The number of carbonyl (C=O) groups is 3. The van der Waals surface area contributed by atoms with E-state index < -0.39 is 24.0 Å². The standard InChI is InChI=1S/C22H24N4O5S/c1-4-23-22(30)25-19(28)18(15-8-6-5-7-9-15)31-16(27)10-11-26-12-24-20-17(21(26)29)13(2)14(3)32-20/h5-9,12,18H,4,10-11H2,1-3H3,(H2,23,25,28,30). The second-order valence-electron chi connectivity index (χ2n) is 7.09. The number of ether oxygens (including phenoxy) is 1. The highest BCUT2D eigenvalue weighted by atomic mass is 32.1. The molecule has 9 nitrogen and oxygen atoms in total. The van der Waals surface area contributed by atoms with E-state index in [1.807, 2.05) is 13.8 Å². The predicted octanol–water partition coefficient (Wildman–Crippen LogP) is 2.60. The van der Waals surface area contributed by atoms with E-state index in [2.05, 4.69) is 15.6 Å². The summed E-state index contributed by atoms with van der Waals surface area (Å²) in [4.78, 5) is 55.6. The monoisotopic (exact) mass is 456 g/mol. The van der Waals surface area contributed by atoms with Crippen LogP contribution in [0.25, 0.3) is 10.2 Å². The molecule has 2 N–H and O–H groups in total. The highest BCUT2D eigenvalue weighted by Gasteiger charge is 2.26. The van der Waals surface area contributed by atoms with Crippen molar-refractivity contribution in [3.63, 3.8) is 0 Å². The lowest BCUT2D eigenvalue weighted by Gasteiger charge is -2.18. The lowest BCUT2D eigenvalue weighted by atomic mass is 10.1. The molecule has 2 heterocycles. The predicted molar refractivity (Wildman–Crippen MR) is 120 cm³/mol. The van der Waals surface area contributed by atoms with Gasteiger partial charge in [-0.2, -0.15) is 0 Å². The van der Waals surface area contributed by atoms with Crippen LogP contribution in [0.4, 0.5) is 4.79 Å². The number of aromatic nitrogens is 2. The maximum atomic E-state index is 12.8. The zero-order valence-corrected chi connectivity index (χ0v) is 18.8. The summed E-state index contributed by atoms with van der Waals surface area (Å²) >= 11 is 1.45. The van der Waals surface area contributed by atoms with E-state index in [4.69, 9.17) is 4.74 Å². The second kappa shape index (κ2) is 10.2. The third-order valence-corrected chi connectivity index (χ3v) is 5.99. The zero-order valence-electron chi connectivity index (χ0n) is 18.0. The number of nitrogens with one attached hydrogen (secondary N) is 2. The summed E-state index contributed by atoms with van der Waals surface area (Å²) in [7, 11) is 0. The molecule has 0 aliphatic heterocycles. The molecule has 1 aromatic carbocycles. The van der Waals surface area contributed by atoms with Gasteiger partial charge in [0, 0.05) is 23.5 Å². The van der Waals surface area contributed by atoms with Gasteiger partial charge in [-0.15, -0.1) is 11.3 Å². The van der Waals surface area contributed by atoms with Gasteiger partial charge in [0.2, 0.25) is 6.10 Å². The first-order chi connectivity index (χ1) is 15.3. The topological polar surface area (TPSA) is 119 Å². The minimum atomic E-state index is -1.30. The molecule has 3 rings (SSSR count). The smallest absolute Gasteiger partial charge is 0.321 e. The van der Waals surface area contributed by atoms with Gasteiger partial charge in [-0.1, -0.05) is 30.3 Å². The van der Waals surface area contributed by atoms with Gasteiger partial charge in [-0.3, -0.25) is 24.3 Å². The number of urea groups is 1. The van der Waals surface area contributed by atoms with Crippen molar-refractivity contribution in [2.75, 3.05) is 6.54 Å². The van der Waals surface area contributed by atoms with E-state index in [1.165, 1.54) is 22.2 Å². The first kappa shape index (κ1) is 23.1. The Kier molecular flexibility index (Phi) is 7.37. The number of nitrogens with zero attached hydrogens (tertiary/aromatic N) is 2. The van der Waals surface area contributed by atoms with Gasteiger partial charge in [0.05, 0.1) is 18.1 Å². The number of fused-ring (bicyclic) bond motifs is 1. The number of amides is 3. The average molecular weight is 457 g/mol. The quantitative estimate of drug-likeness (QED) is 0.528. The zero-order chi connectivity index (χ0) is 23.3. The van der Waals surface area contributed by atoms with Crippen molar-refractivity contribution in [2.24, 2.45) is 0 Å². The molecule has 0 saturated carbocycles. The highest BCUT2D eigenvalue weighted by Crippen LogP contribution is 2.25. The molecular formula is C22H24N4O5S. The van der Waals surface area contributed by atoms with Crippen LogP contribution in [0, 0.1) is 13.8 Å². The summed E-state index contributed by atoms with van der Waals surface area (Å²) in [6.45, 7) is 5.90. The Hall–Kier alpha value is -3.53. The van der Waals surface area contributed by atoms with Gasteiger partial charge in [0.25, 0.3) is 11.5 Å². The van der Waals surface area contributed by atoms with Crippen molar-refractivity contribution in [1.29, 1.82) is 0 Å². The maximum absolute atomic E-state index is 12.8. The van der Waals surface area contributed by atoms with Crippen LogP contribution in [0.15, 0.2) is 41.5 Å². The third kappa shape index (κ3) is 5.20. The van der Waals surface area contributed by atoms with Crippen LogP contribution in [0.5, 0.6) is 0 Å². The molecule has 0 saturated heterocycles. The first-order valence-electron chi connectivity index (χ1n) is 10.1. The van der Waals surface area contributed by atoms with E-state index in [1.54, 1.807) is 37.3 Å². The lowest BCUT2D eigenvalue weighted by molar-refractivity contribution is -0.156. The Balaban J connectivity index is 1.73. The Labute approximate surface area is 188 Å². The van der Waals surface area contributed by atoms with Crippen LogP contribution in [0.1, 0.15) is 35.5 Å². The molecule has 0 radical (unpaired) electrons. The van der Waals surface area contributed by atoms with Crippen molar-refractivity contribution in [3.8, 4) is 0 Å². The number of benzene rings is 1. The minimum Gasteiger partial charge on any atom is -0.447 e. The van der Waals surface area contributed by atoms with Crippen LogP contribution in [0.3, 0.4) is 0 Å². The van der Waals surface area contributed by atoms with Crippen LogP contribution in [-0.2, 0) is 20.9 Å². The van der Waals surface area contributed by atoms with Gasteiger partial charge in [-0.05, 0) is 26.3 Å². The summed E-state index contributed by atoms with van der Waals surface area (Å²) < 4.78 is 6.75. The number of hydrogen-bond donors (Lipinski definition) is 2. The molecule has 1 unspecified atom stereocenters. The molecule has 0 spiro atoms. The summed E-state index contributed by atoms with van der Waals surface area (Å²) in [5.41, 5.74) is 1.08. The number of hydrogen-bond acceptors (Lipinski definition) is 7. The number of thiophene rings is 1. The number of esters is 1. The fourth-order valence-corrected chi connectivity index (χ4v) is 4.10. The maximum Gasteiger partial charge on any atom is 0.321 e. The molecule has 0 bridgehead atoms. The molecule has 32 heavy (non-hydrogen) atoms. The minimum absolute atomic E-state index is 0.0500. The van der Waals surface area contributed by atoms with E-state index in [0.29, 0.717) is 22.3 Å². The molecular weight excluding hydrogens is 432 g/mol. The Morgan fingerprint density at radius 2 is 1.91 bits per heavy atom. The number of aryl methyl sites for hydroxylation is 3. The molecule has 168 valence electrons. The van der Waals surface area contributed by atoms with Gasteiger partial charge in [0.1, 0.15) is 4.83 Å².